The van der Waals surface area contributed by atoms with Gasteiger partial charge in [0.05, 0.1) is 18.6 Å². The van der Waals surface area contributed by atoms with Crippen LogP contribution in [0, 0.1) is 17.0 Å². The highest BCUT2D eigenvalue weighted by molar-refractivity contribution is 5.83. The maximum atomic E-state index is 13.9. The summed E-state index contributed by atoms with van der Waals surface area (Å²) in [5.74, 6) is -1.71. The number of nitrogens with one attached hydrogen (secondary N) is 1. The zero-order valence-corrected chi connectivity index (χ0v) is 18.2. The van der Waals surface area contributed by atoms with Gasteiger partial charge in [0.1, 0.15) is 0 Å². The number of rotatable bonds is 7. The Hall–Kier alpha value is -2.35. The minimum absolute atomic E-state index is 0.0362. The van der Waals surface area contributed by atoms with Crippen LogP contribution < -0.4 is 5.32 Å². The molecule has 5 nitrogen and oxygen atoms in total. The molecule has 2 aromatic rings. The van der Waals surface area contributed by atoms with Crippen LogP contribution in [0.4, 0.5) is 8.78 Å². The van der Waals surface area contributed by atoms with Gasteiger partial charge in [-0.3, -0.25) is 9.69 Å². The summed E-state index contributed by atoms with van der Waals surface area (Å²) in [7, 11) is 0. The summed E-state index contributed by atoms with van der Waals surface area (Å²) in [6.45, 7) is 5.69. The molecule has 2 heterocycles. The molecule has 2 aromatic carbocycles. The molecule has 0 bridgehead atoms. The van der Waals surface area contributed by atoms with Crippen LogP contribution in [0.15, 0.2) is 42.5 Å². The van der Waals surface area contributed by atoms with E-state index in [2.05, 4.69) is 10.2 Å². The molecule has 7 heteroatoms. The van der Waals surface area contributed by atoms with E-state index in [9.17, 15) is 13.6 Å². The number of carbonyl (C=O) groups excluding carboxylic acids is 1. The Kier molecular flexibility index (Phi) is 7.50. The molecule has 0 aromatic heterocycles. The lowest BCUT2D eigenvalue weighted by Gasteiger charge is -2.37. The molecule has 0 atom stereocenters. The van der Waals surface area contributed by atoms with Crippen LogP contribution in [0.5, 0.6) is 0 Å². The van der Waals surface area contributed by atoms with Gasteiger partial charge in [-0.05, 0) is 48.1 Å². The fourth-order valence-electron chi connectivity index (χ4n) is 4.57. The lowest BCUT2D eigenvalue weighted by Crippen LogP contribution is -2.48. The number of amides is 1. The van der Waals surface area contributed by atoms with Gasteiger partial charge in [-0.15, -0.1) is 0 Å². The van der Waals surface area contributed by atoms with E-state index in [0.29, 0.717) is 44.6 Å². The van der Waals surface area contributed by atoms with Crippen molar-refractivity contribution in [2.75, 3.05) is 52.6 Å². The van der Waals surface area contributed by atoms with Crippen LogP contribution in [0.3, 0.4) is 0 Å². The third-order valence-electron chi connectivity index (χ3n) is 6.53. The standard InChI is InChI=1S/C25H30F2N2O3/c26-22-6-5-19(17-23(22)27)21-4-2-1-3-20(21)18-25(7-13-31-14-8-25)24(30)28-9-10-29-11-15-32-16-12-29/h1-6,17H,7-16,18H2,(H,28,30). The third kappa shape index (κ3) is 5.34. The van der Waals surface area contributed by atoms with Crippen molar-refractivity contribution in [3.05, 3.63) is 59.7 Å². The van der Waals surface area contributed by atoms with Crippen LogP contribution >= 0.6 is 0 Å². The van der Waals surface area contributed by atoms with Crippen molar-refractivity contribution in [1.29, 1.82) is 0 Å². The molecule has 0 spiro atoms. The number of hydrogen-bond donors (Lipinski definition) is 1. The summed E-state index contributed by atoms with van der Waals surface area (Å²) >= 11 is 0. The maximum absolute atomic E-state index is 13.9. The van der Waals surface area contributed by atoms with E-state index in [1.54, 1.807) is 6.07 Å². The Morgan fingerprint density at radius 3 is 2.44 bits per heavy atom. The van der Waals surface area contributed by atoms with Crippen LogP contribution in [-0.4, -0.2) is 63.4 Å². The molecule has 0 radical (unpaired) electrons. The van der Waals surface area contributed by atoms with E-state index in [4.69, 9.17) is 9.47 Å². The second-order valence-corrected chi connectivity index (χ2v) is 8.57. The SMILES string of the molecule is O=C(NCCN1CCOCC1)C1(Cc2ccccc2-c2ccc(F)c(F)c2)CCOCC1. The van der Waals surface area contributed by atoms with Crippen molar-refractivity contribution in [2.45, 2.75) is 19.3 Å². The highest BCUT2D eigenvalue weighted by atomic mass is 19.2. The summed E-state index contributed by atoms with van der Waals surface area (Å²) in [5, 5.41) is 3.15. The lowest BCUT2D eigenvalue weighted by atomic mass is 9.73. The first kappa shape index (κ1) is 22.8. The van der Waals surface area contributed by atoms with Gasteiger partial charge >= 0.3 is 0 Å². The molecule has 2 aliphatic rings. The normalized spacial score (nSPS) is 18.9. The number of morpholine rings is 1. The van der Waals surface area contributed by atoms with Gasteiger partial charge in [-0.2, -0.15) is 0 Å². The predicted molar refractivity (Wildman–Crippen MR) is 118 cm³/mol. The predicted octanol–water partition coefficient (Wildman–Crippen LogP) is 3.42. The summed E-state index contributed by atoms with van der Waals surface area (Å²) in [6.07, 6.45) is 1.78. The van der Waals surface area contributed by atoms with Crippen molar-refractivity contribution in [2.24, 2.45) is 5.41 Å². The molecule has 0 unspecified atom stereocenters. The van der Waals surface area contributed by atoms with Crippen LogP contribution in [0.2, 0.25) is 0 Å². The van der Waals surface area contributed by atoms with Gasteiger partial charge in [0.2, 0.25) is 5.91 Å². The first-order chi connectivity index (χ1) is 15.6. The Labute approximate surface area is 187 Å². The molecule has 0 saturated carbocycles. The number of nitrogens with zero attached hydrogens (tertiary/aromatic N) is 1. The molecule has 1 amide bonds. The summed E-state index contributed by atoms with van der Waals surface area (Å²) in [6, 6.07) is 11.6. The first-order valence-corrected chi connectivity index (χ1v) is 11.3. The number of benzene rings is 2. The fraction of sp³-hybridized carbons (Fsp3) is 0.480. The van der Waals surface area contributed by atoms with Gasteiger partial charge in [0.25, 0.3) is 0 Å². The molecule has 2 aliphatic heterocycles. The molecule has 4 rings (SSSR count). The first-order valence-electron chi connectivity index (χ1n) is 11.3. The van der Waals surface area contributed by atoms with E-state index in [1.807, 2.05) is 24.3 Å². The van der Waals surface area contributed by atoms with Gasteiger partial charge in [0.15, 0.2) is 11.6 Å². The van der Waals surface area contributed by atoms with E-state index in [0.717, 1.165) is 50.0 Å². The topological polar surface area (TPSA) is 50.8 Å². The number of ether oxygens (including phenoxy) is 2. The molecule has 2 fully saturated rings. The van der Waals surface area contributed by atoms with Crippen LogP contribution in [-0.2, 0) is 20.7 Å². The third-order valence-corrected chi connectivity index (χ3v) is 6.53. The maximum Gasteiger partial charge on any atom is 0.226 e. The summed E-state index contributed by atoms with van der Waals surface area (Å²) in [4.78, 5) is 15.7. The number of hydrogen-bond acceptors (Lipinski definition) is 4. The Bertz CT molecular complexity index is 925. The zero-order chi connectivity index (χ0) is 22.4. The molecule has 32 heavy (non-hydrogen) atoms. The number of halogens is 2. The van der Waals surface area contributed by atoms with Crippen molar-refractivity contribution in [3.8, 4) is 11.1 Å². The van der Waals surface area contributed by atoms with E-state index in [1.165, 1.54) is 6.07 Å². The highest BCUT2D eigenvalue weighted by Crippen LogP contribution is 2.38. The van der Waals surface area contributed by atoms with Crippen molar-refractivity contribution >= 4 is 5.91 Å². The van der Waals surface area contributed by atoms with Gasteiger partial charge in [-0.1, -0.05) is 30.3 Å². The van der Waals surface area contributed by atoms with E-state index < -0.39 is 17.0 Å². The smallest absolute Gasteiger partial charge is 0.226 e. The largest absolute Gasteiger partial charge is 0.381 e. The summed E-state index contributed by atoms with van der Waals surface area (Å²) < 4.78 is 38.3. The molecule has 1 N–H and O–H groups in total. The summed E-state index contributed by atoms with van der Waals surface area (Å²) in [5.41, 5.74) is 1.79. The minimum atomic E-state index is -0.876. The second kappa shape index (κ2) is 10.5. The van der Waals surface area contributed by atoms with E-state index in [-0.39, 0.29) is 5.91 Å². The van der Waals surface area contributed by atoms with Crippen LogP contribution in [0.25, 0.3) is 11.1 Å². The number of carbonyl (C=O) groups is 1. The average molecular weight is 445 g/mol. The Balaban J connectivity index is 1.51. The van der Waals surface area contributed by atoms with Crippen molar-refractivity contribution in [1.82, 2.24) is 10.2 Å². The van der Waals surface area contributed by atoms with Gasteiger partial charge in [-0.25, -0.2) is 8.78 Å². The average Bonchev–Trinajstić information content (AvgIpc) is 2.82. The molecular formula is C25H30F2N2O3. The molecule has 0 aliphatic carbocycles. The van der Waals surface area contributed by atoms with Crippen molar-refractivity contribution < 1.29 is 23.0 Å². The Morgan fingerprint density at radius 1 is 0.969 bits per heavy atom. The van der Waals surface area contributed by atoms with Gasteiger partial charge < -0.3 is 14.8 Å². The van der Waals surface area contributed by atoms with E-state index >= 15 is 0 Å². The minimum Gasteiger partial charge on any atom is -0.381 e. The van der Waals surface area contributed by atoms with Gasteiger partial charge in [0, 0.05) is 39.4 Å². The zero-order valence-electron chi connectivity index (χ0n) is 18.2. The lowest BCUT2D eigenvalue weighted by molar-refractivity contribution is -0.136. The highest BCUT2D eigenvalue weighted by Gasteiger charge is 2.40. The second-order valence-electron chi connectivity index (χ2n) is 8.57. The monoisotopic (exact) mass is 444 g/mol. The van der Waals surface area contributed by atoms with Crippen molar-refractivity contribution in [3.63, 3.8) is 0 Å². The molecule has 2 saturated heterocycles. The quantitative estimate of drug-likeness (QED) is 0.711. The molecular weight excluding hydrogens is 414 g/mol. The Morgan fingerprint density at radius 2 is 1.69 bits per heavy atom. The van der Waals surface area contributed by atoms with Crippen LogP contribution in [0.1, 0.15) is 18.4 Å². The molecule has 172 valence electrons. The fourth-order valence-corrected chi connectivity index (χ4v) is 4.57.